The number of methoxy groups -OCH3 is 2. The summed E-state index contributed by atoms with van der Waals surface area (Å²) in [5.74, 6) is -1.10. The van der Waals surface area contributed by atoms with E-state index in [0.29, 0.717) is 0 Å². The quantitative estimate of drug-likeness (QED) is 0.795. The molecule has 0 aromatic heterocycles. The highest BCUT2D eigenvalue weighted by Crippen LogP contribution is 2.33. The lowest BCUT2D eigenvalue weighted by Crippen LogP contribution is -2.23. The van der Waals surface area contributed by atoms with Gasteiger partial charge in [-0.05, 0) is 23.3 Å². The lowest BCUT2D eigenvalue weighted by Gasteiger charge is -2.21. The Kier molecular flexibility index (Phi) is 5.16. The third-order valence-electron chi connectivity index (χ3n) is 3.56. The van der Waals surface area contributed by atoms with Gasteiger partial charge in [-0.15, -0.1) is 0 Å². The second kappa shape index (κ2) is 7.28. The van der Waals surface area contributed by atoms with Crippen LogP contribution in [0.15, 0.2) is 54.6 Å². The Morgan fingerprint density at radius 3 is 2.09 bits per heavy atom. The van der Waals surface area contributed by atoms with Crippen molar-refractivity contribution in [1.29, 1.82) is 5.26 Å². The van der Waals surface area contributed by atoms with Gasteiger partial charge in [0.25, 0.3) is 0 Å². The summed E-state index contributed by atoms with van der Waals surface area (Å²) in [6.07, 6.45) is 0. The number of hydrogen-bond donors (Lipinski definition) is 0. The van der Waals surface area contributed by atoms with Crippen LogP contribution in [0.25, 0.3) is 0 Å². The minimum Gasteiger partial charge on any atom is -0.497 e. The minimum absolute atomic E-state index is 0.385. The van der Waals surface area contributed by atoms with Crippen LogP contribution >= 0.6 is 0 Å². The number of rotatable bonds is 5. The maximum Gasteiger partial charge on any atom is 0.324 e. The Bertz CT molecular complexity index is 659. The molecule has 0 saturated carbocycles. The van der Waals surface area contributed by atoms with E-state index >= 15 is 0 Å². The van der Waals surface area contributed by atoms with Gasteiger partial charge < -0.3 is 9.47 Å². The van der Waals surface area contributed by atoms with Crippen molar-refractivity contribution in [1.82, 2.24) is 0 Å². The first-order valence-electron chi connectivity index (χ1n) is 6.87. The second-order valence-electron chi connectivity index (χ2n) is 4.79. The number of carbonyl (C=O) groups is 1. The van der Waals surface area contributed by atoms with Crippen LogP contribution in [0.1, 0.15) is 17.0 Å². The highest BCUT2D eigenvalue weighted by atomic mass is 16.5. The van der Waals surface area contributed by atoms with Gasteiger partial charge in [-0.3, -0.25) is 4.79 Å². The SMILES string of the molecule is COC(=O)C(C#N)[C@H](c1ccccc1)c1ccc(OC)cc1. The number of nitriles is 1. The summed E-state index contributed by atoms with van der Waals surface area (Å²) in [5, 5.41) is 9.45. The number of carbonyl (C=O) groups excluding carboxylic acids is 1. The van der Waals surface area contributed by atoms with Crippen LogP contribution in [-0.4, -0.2) is 20.2 Å². The molecule has 0 saturated heterocycles. The van der Waals surface area contributed by atoms with Gasteiger partial charge in [0.05, 0.1) is 20.3 Å². The van der Waals surface area contributed by atoms with Crippen molar-refractivity contribution in [2.24, 2.45) is 5.92 Å². The van der Waals surface area contributed by atoms with Crippen LogP contribution in [-0.2, 0) is 9.53 Å². The van der Waals surface area contributed by atoms with E-state index < -0.39 is 11.9 Å². The highest BCUT2D eigenvalue weighted by Gasteiger charge is 2.31. The molecule has 0 N–H and O–H groups in total. The standard InChI is InChI=1S/C18H17NO3/c1-21-15-10-8-14(9-11-15)17(13-6-4-3-5-7-13)16(12-19)18(20)22-2/h3-11,16-17H,1-2H3/t16?,17-/m1/s1. The molecular formula is C18H17NO3. The molecule has 2 atom stereocenters. The van der Waals surface area contributed by atoms with Gasteiger partial charge >= 0.3 is 5.97 Å². The van der Waals surface area contributed by atoms with E-state index in [2.05, 4.69) is 6.07 Å². The lowest BCUT2D eigenvalue weighted by atomic mass is 9.81. The zero-order valence-electron chi connectivity index (χ0n) is 12.5. The molecule has 4 nitrogen and oxygen atoms in total. The molecule has 0 aliphatic heterocycles. The fourth-order valence-electron chi connectivity index (χ4n) is 2.44. The molecule has 4 heteroatoms. The van der Waals surface area contributed by atoms with Crippen LogP contribution in [0.4, 0.5) is 0 Å². The molecule has 0 fully saturated rings. The van der Waals surface area contributed by atoms with E-state index in [1.165, 1.54) is 7.11 Å². The zero-order valence-corrected chi connectivity index (χ0v) is 12.5. The first kappa shape index (κ1) is 15.6. The molecule has 0 heterocycles. The minimum atomic E-state index is -0.902. The molecule has 2 aromatic carbocycles. The summed E-state index contributed by atoms with van der Waals surface area (Å²) in [4.78, 5) is 12.0. The van der Waals surface area contributed by atoms with Gasteiger partial charge in [0.1, 0.15) is 5.75 Å². The number of ether oxygens (including phenoxy) is 2. The zero-order chi connectivity index (χ0) is 15.9. The van der Waals surface area contributed by atoms with Crippen molar-refractivity contribution >= 4 is 5.97 Å². The van der Waals surface area contributed by atoms with Crippen LogP contribution < -0.4 is 4.74 Å². The highest BCUT2D eigenvalue weighted by molar-refractivity contribution is 5.77. The van der Waals surface area contributed by atoms with Crippen LogP contribution in [0, 0.1) is 17.2 Å². The Labute approximate surface area is 129 Å². The fourth-order valence-corrected chi connectivity index (χ4v) is 2.44. The molecule has 0 bridgehead atoms. The van der Waals surface area contributed by atoms with Crippen molar-refractivity contribution in [2.75, 3.05) is 14.2 Å². The second-order valence-corrected chi connectivity index (χ2v) is 4.79. The average molecular weight is 295 g/mol. The van der Waals surface area contributed by atoms with E-state index in [0.717, 1.165) is 16.9 Å². The Balaban J connectivity index is 2.49. The van der Waals surface area contributed by atoms with Crippen LogP contribution in [0.3, 0.4) is 0 Å². The van der Waals surface area contributed by atoms with Crippen molar-refractivity contribution < 1.29 is 14.3 Å². The molecule has 2 rings (SSSR count). The van der Waals surface area contributed by atoms with Crippen molar-refractivity contribution in [2.45, 2.75) is 5.92 Å². The van der Waals surface area contributed by atoms with Crippen LogP contribution in [0.5, 0.6) is 5.75 Å². The number of nitrogens with zero attached hydrogens (tertiary/aromatic N) is 1. The first-order valence-corrected chi connectivity index (χ1v) is 6.87. The Morgan fingerprint density at radius 1 is 1.00 bits per heavy atom. The van der Waals surface area contributed by atoms with Gasteiger partial charge in [-0.1, -0.05) is 42.5 Å². The average Bonchev–Trinajstić information content (AvgIpc) is 2.60. The molecule has 0 spiro atoms. The summed E-state index contributed by atoms with van der Waals surface area (Å²) in [6.45, 7) is 0. The molecule has 112 valence electrons. The maximum atomic E-state index is 12.0. The van der Waals surface area contributed by atoms with Crippen molar-refractivity contribution in [3.8, 4) is 11.8 Å². The topological polar surface area (TPSA) is 59.3 Å². The molecule has 0 aliphatic carbocycles. The number of benzene rings is 2. The molecular weight excluding hydrogens is 278 g/mol. The van der Waals surface area contributed by atoms with E-state index in [4.69, 9.17) is 9.47 Å². The van der Waals surface area contributed by atoms with E-state index in [1.54, 1.807) is 7.11 Å². The molecule has 0 amide bonds. The van der Waals surface area contributed by atoms with Gasteiger partial charge in [-0.2, -0.15) is 5.26 Å². The Morgan fingerprint density at radius 2 is 1.59 bits per heavy atom. The summed E-state index contributed by atoms with van der Waals surface area (Å²) < 4.78 is 9.94. The smallest absolute Gasteiger partial charge is 0.324 e. The molecule has 2 aromatic rings. The fraction of sp³-hybridized carbons (Fsp3) is 0.222. The number of hydrogen-bond acceptors (Lipinski definition) is 4. The van der Waals surface area contributed by atoms with Gasteiger partial charge in [0.2, 0.25) is 0 Å². The summed E-state index contributed by atoms with van der Waals surface area (Å²) in [6, 6.07) is 18.9. The third kappa shape index (κ3) is 3.26. The normalized spacial score (nSPS) is 12.8. The van der Waals surface area contributed by atoms with E-state index in [9.17, 15) is 10.1 Å². The van der Waals surface area contributed by atoms with Gasteiger partial charge in [0.15, 0.2) is 5.92 Å². The predicted molar refractivity (Wildman–Crippen MR) is 82.4 cm³/mol. The first-order chi connectivity index (χ1) is 10.7. The molecule has 0 aliphatic rings. The van der Waals surface area contributed by atoms with Gasteiger partial charge in [0, 0.05) is 5.92 Å². The van der Waals surface area contributed by atoms with E-state index in [-0.39, 0.29) is 5.92 Å². The summed E-state index contributed by atoms with van der Waals surface area (Å²) in [7, 11) is 2.89. The lowest BCUT2D eigenvalue weighted by molar-refractivity contribution is -0.143. The van der Waals surface area contributed by atoms with Crippen molar-refractivity contribution in [3.63, 3.8) is 0 Å². The van der Waals surface area contributed by atoms with E-state index in [1.807, 2.05) is 54.6 Å². The van der Waals surface area contributed by atoms with Gasteiger partial charge in [-0.25, -0.2) is 0 Å². The molecule has 1 unspecified atom stereocenters. The maximum absolute atomic E-state index is 12.0. The van der Waals surface area contributed by atoms with Crippen LogP contribution in [0.2, 0.25) is 0 Å². The largest absolute Gasteiger partial charge is 0.497 e. The Hall–Kier alpha value is -2.80. The third-order valence-corrected chi connectivity index (χ3v) is 3.56. The molecule has 22 heavy (non-hydrogen) atoms. The molecule has 0 radical (unpaired) electrons. The summed E-state index contributed by atoms with van der Waals surface area (Å²) >= 11 is 0. The monoisotopic (exact) mass is 295 g/mol. The summed E-state index contributed by atoms with van der Waals surface area (Å²) in [5.41, 5.74) is 1.76. The van der Waals surface area contributed by atoms with Crippen molar-refractivity contribution in [3.05, 3.63) is 65.7 Å². The number of esters is 1. The predicted octanol–water partition coefficient (Wildman–Crippen LogP) is 3.14.